The van der Waals surface area contributed by atoms with Gasteiger partial charge in [-0.15, -0.1) is 5.10 Å². The number of rotatable bonds is 4. The molecule has 0 aromatic carbocycles. The van der Waals surface area contributed by atoms with E-state index < -0.39 is 0 Å². The molecular weight excluding hydrogens is 306 g/mol. The van der Waals surface area contributed by atoms with Crippen molar-refractivity contribution in [2.45, 2.75) is 32.2 Å². The minimum atomic E-state index is 0.303. The van der Waals surface area contributed by atoms with Gasteiger partial charge in [-0.2, -0.15) is 10.1 Å². The average molecular weight is 325 g/mol. The molecule has 0 amide bonds. The first-order valence-corrected chi connectivity index (χ1v) is 8.17. The van der Waals surface area contributed by atoms with Gasteiger partial charge in [0.1, 0.15) is 11.5 Å². The van der Waals surface area contributed by atoms with E-state index in [2.05, 4.69) is 25.2 Å². The number of hydrogen-bond acceptors (Lipinski definition) is 7. The van der Waals surface area contributed by atoms with Gasteiger partial charge in [-0.25, -0.2) is 0 Å². The fraction of sp³-hybridized carbons (Fsp3) is 0.412. The second-order valence-corrected chi connectivity index (χ2v) is 6.15. The zero-order valence-corrected chi connectivity index (χ0v) is 13.6. The van der Waals surface area contributed by atoms with Crippen molar-refractivity contribution in [2.75, 3.05) is 13.1 Å². The van der Waals surface area contributed by atoms with Crippen LogP contribution in [0.1, 0.15) is 36.1 Å². The number of nitrogens with zero attached hydrogens (tertiary/aromatic N) is 5. The molecule has 0 N–H and O–H groups in total. The van der Waals surface area contributed by atoms with E-state index >= 15 is 0 Å². The fourth-order valence-electron chi connectivity index (χ4n) is 2.98. The lowest BCUT2D eigenvalue weighted by molar-refractivity contribution is 0.176. The molecule has 4 heterocycles. The Balaban J connectivity index is 1.38. The summed E-state index contributed by atoms with van der Waals surface area (Å²) in [6.07, 6.45) is 3.72. The zero-order chi connectivity index (χ0) is 16.4. The Morgan fingerprint density at radius 2 is 2.04 bits per heavy atom. The Morgan fingerprint density at radius 1 is 1.17 bits per heavy atom. The Labute approximate surface area is 139 Å². The van der Waals surface area contributed by atoms with E-state index in [1.165, 1.54) is 0 Å². The quantitative estimate of drug-likeness (QED) is 0.729. The lowest BCUT2D eigenvalue weighted by Gasteiger charge is -2.29. The first-order valence-electron chi connectivity index (χ1n) is 8.17. The minimum absolute atomic E-state index is 0.303. The Bertz CT molecular complexity index is 774. The summed E-state index contributed by atoms with van der Waals surface area (Å²) in [5.41, 5.74) is 1.51. The third kappa shape index (κ3) is 3.21. The molecule has 0 saturated carbocycles. The summed E-state index contributed by atoms with van der Waals surface area (Å²) in [5.74, 6) is 2.52. The number of hydrogen-bond donors (Lipinski definition) is 0. The van der Waals surface area contributed by atoms with Crippen LogP contribution < -0.4 is 0 Å². The molecule has 0 aliphatic carbocycles. The third-order valence-electron chi connectivity index (χ3n) is 4.37. The molecule has 1 aliphatic heterocycles. The summed E-state index contributed by atoms with van der Waals surface area (Å²) < 4.78 is 10.9. The van der Waals surface area contributed by atoms with Crippen molar-refractivity contribution in [3.8, 4) is 11.5 Å². The molecule has 124 valence electrons. The van der Waals surface area contributed by atoms with E-state index in [1.807, 2.05) is 31.2 Å². The van der Waals surface area contributed by atoms with Crippen LogP contribution in [0.4, 0.5) is 0 Å². The van der Waals surface area contributed by atoms with Gasteiger partial charge in [-0.1, -0.05) is 5.16 Å². The lowest BCUT2D eigenvalue weighted by Crippen LogP contribution is -2.32. The van der Waals surface area contributed by atoms with Crippen molar-refractivity contribution in [3.05, 3.63) is 47.9 Å². The largest absolute Gasteiger partial charge is 0.468 e. The monoisotopic (exact) mass is 325 g/mol. The van der Waals surface area contributed by atoms with Crippen LogP contribution in [0.25, 0.3) is 11.5 Å². The van der Waals surface area contributed by atoms with Crippen molar-refractivity contribution >= 4 is 0 Å². The topological polar surface area (TPSA) is 81.1 Å². The first kappa shape index (κ1) is 15.0. The van der Waals surface area contributed by atoms with Crippen molar-refractivity contribution in [1.82, 2.24) is 25.2 Å². The molecule has 1 saturated heterocycles. The van der Waals surface area contributed by atoms with Crippen LogP contribution in [0.3, 0.4) is 0 Å². The van der Waals surface area contributed by atoms with E-state index in [0.29, 0.717) is 23.3 Å². The molecule has 1 fully saturated rings. The Morgan fingerprint density at radius 3 is 2.75 bits per heavy atom. The molecule has 0 bridgehead atoms. The molecule has 7 nitrogen and oxygen atoms in total. The maximum atomic E-state index is 5.46. The van der Waals surface area contributed by atoms with E-state index in [1.54, 1.807) is 6.26 Å². The van der Waals surface area contributed by atoms with Crippen LogP contribution in [0, 0.1) is 6.92 Å². The van der Waals surface area contributed by atoms with Gasteiger partial charge >= 0.3 is 0 Å². The average Bonchev–Trinajstić information content (AvgIpc) is 3.28. The van der Waals surface area contributed by atoms with Crippen LogP contribution in [0.5, 0.6) is 0 Å². The molecular formula is C17H19N5O2. The number of likely N-dealkylation sites (tertiary alicyclic amines) is 1. The summed E-state index contributed by atoms with van der Waals surface area (Å²) in [4.78, 5) is 6.90. The van der Waals surface area contributed by atoms with Crippen LogP contribution >= 0.6 is 0 Å². The predicted octanol–water partition coefficient (Wildman–Crippen LogP) is 2.81. The van der Waals surface area contributed by atoms with Gasteiger partial charge < -0.3 is 8.94 Å². The molecule has 3 aromatic rings. The minimum Gasteiger partial charge on any atom is -0.468 e. The fourth-order valence-corrected chi connectivity index (χ4v) is 2.98. The molecule has 24 heavy (non-hydrogen) atoms. The molecule has 0 unspecified atom stereocenters. The highest BCUT2D eigenvalue weighted by Gasteiger charge is 2.26. The Hall–Kier alpha value is -2.54. The SMILES string of the molecule is Cc1ccc(-c2noc(C3CCN(Cc4ccco4)CC3)n2)nn1. The summed E-state index contributed by atoms with van der Waals surface area (Å²) in [5, 5.41) is 12.2. The van der Waals surface area contributed by atoms with E-state index in [-0.39, 0.29) is 0 Å². The summed E-state index contributed by atoms with van der Waals surface area (Å²) in [6, 6.07) is 7.70. The summed E-state index contributed by atoms with van der Waals surface area (Å²) in [6.45, 7) is 4.74. The molecule has 4 rings (SSSR count). The third-order valence-corrected chi connectivity index (χ3v) is 4.37. The molecule has 0 radical (unpaired) electrons. The second-order valence-electron chi connectivity index (χ2n) is 6.15. The van der Waals surface area contributed by atoms with Gasteiger partial charge in [0.05, 0.1) is 18.5 Å². The maximum absolute atomic E-state index is 5.46. The summed E-state index contributed by atoms with van der Waals surface area (Å²) >= 11 is 0. The van der Waals surface area contributed by atoms with Gasteiger partial charge in [-0.3, -0.25) is 4.90 Å². The number of furan rings is 1. The van der Waals surface area contributed by atoms with E-state index in [4.69, 9.17) is 8.94 Å². The molecule has 3 aromatic heterocycles. The molecule has 0 atom stereocenters. The molecule has 1 aliphatic rings. The van der Waals surface area contributed by atoms with Gasteiger partial charge in [-0.05, 0) is 57.1 Å². The first-order chi connectivity index (χ1) is 11.8. The van der Waals surface area contributed by atoms with Gasteiger partial charge in [0.15, 0.2) is 0 Å². The number of aromatic nitrogens is 4. The maximum Gasteiger partial charge on any atom is 0.230 e. The highest BCUT2D eigenvalue weighted by Crippen LogP contribution is 2.28. The van der Waals surface area contributed by atoms with Gasteiger partial charge in [0.2, 0.25) is 11.7 Å². The molecule has 7 heteroatoms. The van der Waals surface area contributed by atoms with Gasteiger partial charge in [0, 0.05) is 5.92 Å². The van der Waals surface area contributed by atoms with Crippen LogP contribution in [0.2, 0.25) is 0 Å². The highest BCUT2D eigenvalue weighted by molar-refractivity contribution is 5.46. The Kier molecular flexibility index (Phi) is 4.08. The summed E-state index contributed by atoms with van der Waals surface area (Å²) in [7, 11) is 0. The standard InChI is InChI=1S/C17H19N5O2/c1-12-4-5-15(20-19-12)16-18-17(24-21-16)13-6-8-22(9-7-13)11-14-3-2-10-23-14/h2-5,10,13H,6-9,11H2,1H3. The normalized spacial score (nSPS) is 16.5. The second kappa shape index (κ2) is 6.52. The van der Waals surface area contributed by atoms with Crippen molar-refractivity contribution in [2.24, 2.45) is 0 Å². The predicted molar refractivity (Wildman–Crippen MR) is 86.0 cm³/mol. The molecule has 0 spiro atoms. The zero-order valence-electron chi connectivity index (χ0n) is 13.6. The highest BCUT2D eigenvalue weighted by atomic mass is 16.5. The van der Waals surface area contributed by atoms with Gasteiger partial charge in [0.25, 0.3) is 0 Å². The van der Waals surface area contributed by atoms with Crippen molar-refractivity contribution in [3.63, 3.8) is 0 Å². The smallest absolute Gasteiger partial charge is 0.230 e. The lowest BCUT2D eigenvalue weighted by atomic mass is 9.97. The number of piperidine rings is 1. The van der Waals surface area contributed by atoms with Crippen LogP contribution in [-0.4, -0.2) is 38.3 Å². The number of aryl methyl sites for hydroxylation is 1. The van der Waals surface area contributed by atoms with Crippen LogP contribution in [0.15, 0.2) is 39.5 Å². The van der Waals surface area contributed by atoms with Crippen molar-refractivity contribution in [1.29, 1.82) is 0 Å². The van der Waals surface area contributed by atoms with Crippen LogP contribution in [-0.2, 0) is 6.54 Å². The van der Waals surface area contributed by atoms with E-state index in [0.717, 1.165) is 43.9 Å². The van der Waals surface area contributed by atoms with E-state index in [9.17, 15) is 0 Å². The van der Waals surface area contributed by atoms with Crippen molar-refractivity contribution < 1.29 is 8.94 Å².